The van der Waals surface area contributed by atoms with Crippen molar-refractivity contribution in [3.63, 3.8) is 0 Å². The molecule has 1 aliphatic carbocycles. The first kappa shape index (κ1) is 28.5. The number of hydrogen-bond donors (Lipinski definition) is 3. The van der Waals surface area contributed by atoms with Crippen molar-refractivity contribution >= 4 is 11.8 Å². The molecule has 1 saturated heterocycles. The molecule has 2 amide bonds. The van der Waals surface area contributed by atoms with E-state index in [9.17, 15) is 19.8 Å². The molecule has 1 aromatic carbocycles. The molecule has 4 unspecified atom stereocenters. The molecule has 3 aliphatic rings. The molecule has 0 spiro atoms. The van der Waals surface area contributed by atoms with Crippen LogP contribution in [0.15, 0.2) is 35.9 Å². The molecular formula is C29H43N3O6. The third-order valence-electron chi connectivity index (χ3n) is 7.81. The molecule has 4 atom stereocenters. The number of morpholine rings is 1. The lowest BCUT2D eigenvalue weighted by Crippen LogP contribution is -2.57. The van der Waals surface area contributed by atoms with Crippen molar-refractivity contribution in [1.29, 1.82) is 0 Å². The number of fused-ring (bicyclic) bond motifs is 3. The Labute approximate surface area is 225 Å². The zero-order valence-corrected chi connectivity index (χ0v) is 22.5. The number of ether oxygens (including phenoxy) is 2. The van der Waals surface area contributed by atoms with Gasteiger partial charge < -0.3 is 29.9 Å². The van der Waals surface area contributed by atoms with Crippen molar-refractivity contribution in [2.24, 2.45) is 0 Å². The van der Waals surface area contributed by atoms with E-state index < -0.39 is 24.2 Å². The largest absolute Gasteiger partial charge is 0.486 e. The lowest BCUT2D eigenvalue weighted by atomic mass is 9.77. The van der Waals surface area contributed by atoms with Crippen molar-refractivity contribution in [1.82, 2.24) is 15.1 Å². The normalized spacial score (nSPS) is 24.7. The molecule has 1 aromatic rings. The van der Waals surface area contributed by atoms with Crippen molar-refractivity contribution < 1.29 is 29.3 Å². The minimum atomic E-state index is -0.990. The van der Waals surface area contributed by atoms with Crippen LogP contribution < -0.4 is 10.1 Å². The van der Waals surface area contributed by atoms with E-state index in [0.29, 0.717) is 44.0 Å². The highest BCUT2D eigenvalue weighted by molar-refractivity contribution is 5.96. The SMILES string of the molecule is CCCCCCCC(=O)N(CCN1CCOCC1)C1C=C(C(=O)NCCO)C2c3ccccc3OC2C1O. The van der Waals surface area contributed by atoms with Gasteiger partial charge in [-0.15, -0.1) is 0 Å². The number of benzene rings is 1. The molecule has 2 aliphatic heterocycles. The topological polar surface area (TPSA) is 112 Å². The molecule has 0 saturated carbocycles. The number of nitrogens with one attached hydrogen (secondary N) is 1. The molecule has 0 aromatic heterocycles. The predicted molar refractivity (Wildman–Crippen MR) is 144 cm³/mol. The summed E-state index contributed by atoms with van der Waals surface area (Å²) in [4.78, 5) is 30.9. The van der Waals surface area contributed by atoms with Gasteiger partial charge in [-0.05, 0) is 18.6 Å². The maximum atomic E-state index is 13.6. The van der Waals surface area contributed by atoms with Crippen LogP contribution in [0.2, 0.25) is 0 Å². The Kier molecular flexibility index (Phi) is 10.6. The average Bonchev–Trinajstić information content (AvgIpc) is 3.33. The summed E-state index contributed by atoms with van der Waals surface area (Å²) in [7, 11) is 0. The third-order valence-corrected chi connectivity index (χ3v) is 7.81. The van der Waals surface area contributed by atoms with Gasteiger partial charge in [-0.25, -0.2) is 0 Å². The summed E-state index contributed by atoms with van der Waals surface area (Å²) in [5, 5.41) is 23.7. The van der Waals surface area contributed by atoms with Crippen LogP contribution >= 0.6 is 0 Å². The van der Waals surface area contributed by atoms with Crippen LogP contribution in [0.4, 0.5) is 0 Å². The van der Waals surface area contributed by atoms with Crippen molar-refractivity contribution in [2.75, 3.05) is 52.5 Å². The molecule has 38 heavy (non-hydrogen) atoms. The van der Waals surface area contributed by atoms with E-state index in [1.54, 1.807) is 11.0 Å². The Bertz CT molecular complexity index is 963. The Morgan fingerprint density at radius 3 is 2.66 bits per heavy atom. The zero-order chi connectivity index (χ0) is 26.9. The van der Waals surface area contributed by atoms with Crippen LogP contribution in [0, 0.1) is 0 Å². The van der Waals surface area contributed by atoms with Gasteiger partial charge in [0.2, 0.25) is 11.8 Å². The van der Waals surface area contributed by atoms with Gasteiger partial charge in [-0.1, -0.05) is 50.8 Å². The van der Waals surface area contributed by atoms with Gasteiger partial charge in [0.1, 0.15) is 18.0 Å². The van der Waals surface area contributed by atoms with Gasteiger partial charge in [-0.2, -0.15) is 0 Å². The standard InChI is InChI=1S/C29H43N3O6/c1-2-3-4-5-6-11-25(34)32(14-13-31-15-18-37-19-16-31)23-20-22(29(36)30-12-17-33)26-21-9-7-8-10-24(21)38-28(26)27(23)35/h7-10,20,23,26-28,33,35H,2-6,11-19H2,1H3,(H,30,36). The Morgan fingerprint density at radius 2 is 1.89 bits per heavy atom. The highest BCUT2D eigenvalue weighted by Gasteiger charge is 2.50. The van der Waals surface area contributed by atoms with Crippen LogP contribution in [0.5, 0.6) is 5.75 Å². The van der Waals surface area contributed by atoms with Gasteiger partial charge in [0.15, 0.2) is 0 Å². The van der Waals surface area contributed by atoms with Crippen molar-refractivity contribution in [3.8, 4) is 5.75 Å². The Balaban J connectivity index is 1.59. The van der Waals surface area contributed by atoms with Gasteiger partial charge in [0.25, 0.3) is 0 Å². The van der Waals surface area contributed by atoms with E-state index in [1.165, 1.54) is 0 Å². The number of para-hydroxylation sites is 1. The number of aliphatic hydroxyl groups excluding tert-OH is 2. The second kappa shape index (κ2) is 14.1. The van der Waals surface area contributed by atoms with Crippen LogP contribution in [0.1, 0.15) is 56.9 Å². The molecule has 210 valence electrons. The number of hydrogen-bond acceptors (Lipinski definition) is 7. The van der Waals surface area contributed by atoms with E-state index in [0.717, 1.165) is 50.8 Å². The van der Waals surface area contributed by atoms with E-state index in [2.05, 4.69) is 17.1 Å². The number of amides is 2. The maximum Gasteiger partial charge on any atom is 0.247 e. The number of aliphatic hydroxyl groups is 2. The number of carbonyl (C=O) groups excluding carboxylic acids is 2. The average molecular weight is 530 g/mol. The summed E-state index contributed by atoms with van der Waals surface area (Å²) in [6, 6.07) is 6.83. The fourth-order valence-electron chi connectivity index (χ4n) is 5.73. The highest BCUT2D eigenvalue weighted by atomic mass is 16.5. The smallest absolute Gasteiger partial charge is 0.247 e. The lowest BCUT2D eigenvalue weighted by molar-refractivity contribution is -0.137. The van der Waals surface area contributed by atoms with Gasteiger partial charge in [0.05, 0.1) is 31.8 Å². The fraction of sp³-hybridized carbons (Fsp3) is 0.655. The predicted octanol–water partition coefficient (Wildman–Crippen LogP) is 1.83. The number of unbranched alkanes of at least 4 members (excludes halogenated alkanes) is 4. The molecule has 9 nitrogen and oxygen atoms in total. The molecule has 0 radical (unpaired) electrons. The maximum absolute atomic E-state index is 13.6. The van der Waals surface area contributed by atoms with Gasteiger partial charge in [-0.3, -0.25) is 14.5 Å². The molecule has 2 heterocycles. The molecule has 9 heteroatoms. The Morgan fingerprint density at radius 1 is 1.13 bits per heavy atom. The molecule has 3 N–H and O–H groups in total. The summed E-state index contributed by atoms with van der Waals surface area (Å²) in [5.74, 6) is -0.128. The first-order valence-electron chi connectivity index (χ1n) is 14.2. The monoisotopic (exact) mass is 529 g/mol. The minimum absolute atomic E-state index is 0.0147. The third kappa shape index (κ3) is 6.75. The number of rotatable bonds is 13. The fourth-order valence-corrected chi connectivity index (χ4v) is 5.73. The number of carbonyl (C=O) groups is 2. The van der Waals surface area contributed by atoms with Crippen LogP contribution in [0.25, 0.3) is 0 Å². The Hall–Kier alpha value is -2.46. The van der Waals surface area contributed by atoms with Crippen LogP contribution in [0.3, 0.4) is 0 Å². The quantitative estimate of drug-likeness (QED) is 0.334. The molecular weight excluding hydrogens is 486 g/mol. The first-order valence-corrected chi connectivity index (χ1v) is 14.2. The van der Waals surface area contributed by atoms with Crippen LogP contribution in [-0.2, 0) is 14.3 Å². The van der Waals surface area contributed by atoms with Gasteiger partial charge >= 0.3 is 0 Å². The summed E-state index contributed by atoms with van der Waals surface area (Å²) in [5.41, 5.74) is 1.32. The van der Waals surface area contributed by atoms with Crippen LogP contribution in [-0.4, -0.2) is 103 Å². The molecule has 4 rings (SSSR count). The molecule has 0 bridgehead atoms. The summed E-state index contributed by atoms with van der Waals surface area (Å²) in [6.07, 6.45) is 5.71. The zero-order valence-electron chi connectivity index (χ0n) is 22.5. The first-order chi connectivity index (χ1) is 18.5. The van der Waals surface area contributed by atoms with Crippen molar-refractivity contribution in [3.05, 3.63) is 41.5 Å². The molecule has 1 fully saturated rings. The van der Waals surface area contributed by atoms with Crippen molar-refractivity contribution in [2.45, 2.75) is 69.6 Å². The summed E-state index contributed by atoms with van der Waals surface area (Å²) >= 11 is 0. The van der Waals surface area contributed by atoms with E-state index in [4.69, 9.17) is 9.47 Å². The summed E-state index contributed by atoms with van der Waals surface area (Å²) in [6.45, 7) is 6.19. The van der Waals surface area contributed by atoms with E-state index in [-0.39, 0.29) is 25.0 Å². The second-order valence-electron chi connectivity index (χ2n) is 10.4. The lowest BCUT2D eigenvalue weighted by Gasteiger charge is -2.41. The minimum Gasteiger partial charge on any atom is -0.486 e. The van der Waals surface area contributed by atoms with E-state index >= 15 is 0 Å². The van der Waals surface area contributed by atoms with E-state index in [1.807, 2.05) is 24.3 Å². The number of nitrogens with zero attached hydrogens (tertiary/aromatic N) is 2. The summed E-state index contributed by atoms with van der Waals surface area (Å²) < 4.78 is 11.7. The van der Waals surface area contributed by atoms with Gasteiger partial charge in [0, 0.05) is 50.3 Å². The second-order valence-corrected chi connectivity index (χ2v) is 10.4. The highest BCUT2D eigenvalue weighted by Crippen LogP contribution is 2.47.